The summed E-state index contributed by atoms with van der Waals surface area (Å²) in [6.07, 6.45) is 1.55. The Morgan fingerprint density at radius 3 is 2.82 bits per heavy atom. The van der Waals surface area contributed by atoms with Crippen LogP contribution < -0.4 is 5.56 Å². The molecule has 0 bridgehead atoms. The molecule has 2 aromatic rings. The second-order valence-electron chi connectivity index (χ2n) is 3.25. The van der Waals surface area contributed by atoms with Gasteiger partial charge in [0.2, 0.25) is 0 Å². The fraction of sp³-hybridized carbons (Fsp3) is 0. The van der Waals surface area contributed by atoms with Gasteiger partial charge in [-0.2, -0.15) is 5.26 Å². The van der Waals surface area contributed by atoms with E-state index in [4.69, 9.17) is 17.5 Å². The highest BCUT2D eigenvalue weighted by molar-refractivity contribution is 9.10. The Hall–Kier alpha value is -1.71. The van der Waals surface area contributed by atoms with E-state index in [0.29, 0.717) is 11.3 Å². The van der Waals surface area contributed by atoms with E-state index >= 15 is 0 Å². The van der Waals surface area contributed by atoms with Crippen LogP contribution in [0.4, 0.5) is 0 Å². The summed E-state index contributed by atoms with van der Waals surface area (Å²) in [5.41, 5.74) is 0.848. The molecule has 1 heterocycles. The van der Waals surface area contributed by atoms with E-state index in [2.05, 4.69) is 27.0 Å². The van der Waals surface area contributed by atoms with E-state index in [0.717, 1.165) is 4.47 Å². The number of aromatic nitrogens is 2. The molecule has 84 valence electrons. The monoisotopic (exact) mass is 307 g/mol. The van der Waals surface area contributed by atoms with Crippen molar-refractivity contribution < 1.29 is 0 Å². The van der Waals surface area contributed by atoms with Gasteiger partial charge in [0.05, 0.1) is 11.3 Å². The molecule has 0 radical (unpaired) electrons. The average molecular weight is 308 g/mol. The molecule has 0 fully saturated rings. The van der Waals surface area contributed by atoms with E-state index < -0.39 is 0 Å². The third-order valence-corrected chi connectivity index (χ3v) is 2.95. The van der Waals surface area contributed by atoms with Gasteiger partial charge in [-0.15, -0.1) is 0 Å². The van der Waals surface area contributed by atoms with Gasteiger partial charge in [0.1, 0.15) is 6.07 Å². The number of hydrogen-bond donors (Lipinski definition) is 1. The normalized spacial score (nSPS) is 9.88. The molecule has 6 heteroatoms. The lowest BCUT2D eigenvalue weighted by Gasteiger charge is -2.08. The molecular formula is C11H6BrN3OS. The maximum atomic E-state index is 11.1. The van der Waals surface area contributed by atoms with Crippen LogP contribution in [0.3, 0.4) is 0 Å². The van der Waals surface area contributed by atoms with E-state index in [1.807, 2.05) is 6.07 Å². The van der Waals surface area contributed by atoms with Gasteiger partial charge in [0.25, 0.3) is 5.56 Å². The Kier molecular flexibility index (Phi) is 3.22. The van der Waals surface area contributed by atoms with Crippen molar-refractivity contribution in [1.29, 1.82) is 5.26 Å². The van der Waals surface area contributed by atoms with Crippen LogP contribution >= 0.6 is 28.1 Å². The van der Waals surface area contributed by atoms with Gasteiger partial charge in [-0.25, -0.2) is 0 Å². The van der Waals surface area contributed by atoms with Crippen molar-refractivity contribution in [3.8, 4) is 11.8 Å². The summed E-state index contributed by atoms with van der Waals surface area (Å²) in [4.78, 5) is 13.6. The van der Waals surface area contributed by atoms with Gasteiger partial charge in [-0.3, -0.25) is 14.3 Å². The quantitative estimate of drug-likeness (QED) is 0.824. The topological polar surface area (TPSA) is 61.6 Å². The molecule has 0 aliphatic rings. The maximum absolute atomic E-state index is 11.1. The second kappa shape index (κ2) is 4.65. The maximum Gasteiger partial charge on any atom is 0.251 e. The highest BCUT2D eigenvalue weighted by Crippen LogP contribution is 2.19. The lowest BCUT2D eigenvalue weighted by molar-refractivity contribution is 0.934. The predicted molar refractivity (Wildman–Crippen MR) is 69.6 cm³/mol. The van der Waals surface area contributed by atoms with Gasteiger partial charge >= 0.3 is 0 Å². The van der Waals surface area contributed by atoms with Crippen LogP contribution in [0.25, 0.3) is 5.69 Å². The number of aromatic amines is 1. The molecule has 0 aliphatic carbocycles. The lowest BCUT2D eigenvalue weighted by Crippen LogP contribution is -2.10. The molecule has 1 aromatic heterocycles. The molecule has 0 spiro atoms. The summed E-state index contributed by atoms with van der Waals surface area (Å²) in [7, 11) is 0. The van der Waals surface area contributed by atoms with Crippen LogP contribution in [0, 0.1) is 16.1 Å². The highest BCUT2D eigenvalue weighted by Gasteiger charge is 2.05. The number of nitrogens with one attached hydrogen (secondary N) is 1. The molecule has 1 aromatic carbocycles. The number of benzene rings is 1. The van der Waals surface area contributed by atoms with Crippen LogP contribution in [0.1, 0.15) is 5.56 Å². The fourth-order valence-electron chi connectivity index (χ4n) is 1.41. The zero-order chi connectivity index (χ0) is 12.4. The Balaban J connectivity index is 2.74. The zero-order valence-corrected chi connectivity index (χ0v) is 10.9. The molecule has 0 aliphatic heterocycles. The molecule has 17 heavy (non-hydrogen) atoms. The lowest BCUT2D eigenvalue weighted by atomic mass is 10.2. The SMILES string of the molecule is N#Cc1cc(Br)ccc1-n1ccc(=O)[nH]c1=S. The van der Waals surface area contributed by atoms with Crippen molar-refractivity contribution >= 4 is 28.1 Å². The molecule has 4 nitrogen and oxygen atoms in total. The third kappa shape index (κ3) is 2.35. The first kappa shape index (κ1) is 11.8. The third-order valence-electron chi connectivity index (χ3n) is 2.16. The Labute approximate surface area is 110 Å². The van der Waals surface area contributed by atoms with E-state index in [9.17, 15) is 4.79 Å². The number of rotatable bonds is 1. The van der Waals surface area contributed by atoms with Gasteiger partial charge in [0, 0.05) is 16.7 Å². The molecule has 0 saturated heterocycles. The van der Waals surface area contributed by atoms with E-state index in [-0.39, 0.29) is 10.3 Å². The smallest absolute Gasteiger partial charge is 0.251 e. The summed E-state index contributed by atoms with van der Waals surface area (Å²) in [6.45, 7) is 0. The summed E-state index contributed by atoms with van der Waals surface area (Å²) >= 11 is 8.34. The first-order chi connectivity index (χ1) is 8.11. The first-order valence-electron chi connectivity index (χ1n) is 4.64. The van der Waals surface area contributed by atoms with Crippen molar-refractivity contribution in [2.45, 2.75) is 0 Å². The Bertz CT molecular complexity index is 726. The zero-order valence-electron chi connectivity index (χ0n) is 8.48. The molecule has 0 atom stereocenters. The number of nitriles is 1. The fourth-order valence-corrected chi connectivity index (χ4v) is 2.04. The van der Waals surface area contributed by atoms with Crippen molar-refractivity contribution in [1.82, 2.24) is 9.55 Å². The summed E-state index contributed by atoms with van der Waals surface area (Å²) in [5.74, 6) is 0. The number of hydrogen-bond acceptors (Lipinski definition) is 3. The summed E-state index contributed by atoms with van der Waals surface area (Å²) in [5, 5.41) is 9.06. The van der Waals surface area contributed by atoms with Crippen molar-refractivity contribution in [3.63, 3.8) is 0 Å². The van der Waals surface area contributed by atoms with Crippen LogP contribution in [-0.2, 0) is 0 Å². The molecule has 0 saturated carbocycles. The number of nitrogens with zero attached hydrogens (tertiary/aromatic N) is 2. The van der Waals surface area contributed by atoms with E-state index in [1.165, 1.54) is 6.07 Å². The van der Waals surface area contributed by atoms with Crippen molar-refractivity contribution in [2.24, 2.45) is 0 Å². The second-order valence-corrected chi connectivity index (χ2v) is 4.56. The Morgan fingerprint density at radius 2 is 2.18 bits per heavy atom. The minimum atomic E-state index is -0.262. The molecule has 0 amide bonds. The van der Waals surface area contributed by atoms with Crippen molar-refractivity contribution in [3.05, 3.63) is 55.6 Å². The highest BCUT2D eigenvalue weighted by atomic mass is 79.9. The molecule has 0 unspecified atom stereocenters. The minimum Gasteiger partial charge on any atom is -0.299 e. The number of H-pyrrole nitrogens is 1. The Morgan fingerprint density at radius 1 is 1.41 bits per heavy atom. The molecular weight excluding hydrogens is 302 g/mol. The van der Waals surface area contributed by atoms with Crippen LogP contribution in [0.2, 0.25) is 0 Å². The van der Waals surface area contributed by atoms with Crippen LogP contribution in [0.5, 0.6) is 0 Å². The summed E-state index contributed by atoms with van der Waals surface area (Å²) < 4.78 is 2.66. The first-order valence-corrected chi connectivity index (χ1v) is 5.84. The summed E-state index contributed by atoms with van der Waals surface area (Å²) in [6, 6.07) is 8.71. The van der Waals surface area contributed by atoms with Crippen LogP contribution in [0.15, 0.2) is 39.7 Å². The van der Waals surface area contributed by atoms with Crippen molar-refractivity contribution in [2.75, 3.05) is 0 Å². The number of halogens is 1. The molecule has 2 rings (SSSR count). The van der Waals surface area contributed by atoms with Gasteiger partial charge in [0.15, 0.2) is 4.77 Å². The van der Waals surface area contributed by atoms with Gasteiger partial charge in [-0.05, 0) is 30.4 Å². The minimum absolute atomic E-state index is 0.260. The average Bonchev–Trinajstić information content (AvgIpc) is 2.30. The van der Waals surface area contributed by atoms with Crippen LogP contribution in [-0.4, -0.2) is 9.55 Å². The molecule has 1 N–H and O–H groups in total. The largest absolute Gasteiger partial charge is 0.299 e. The van der Waals surface area contributed by atoms with Gasteiger partial charge in [-0.1, -0.05) is 15.9 Å². The van der Waals surface area contributed by atoms with E-state index in [1.54, 1.807) is 22.9 Å². The van der Waals surface area contributed by atoms with Gasteiger partial charge < -0.3 is 0 Å². The standard InChI is InChI=1S/C11H6BrN3OS/c12-8-1-2-9(7(5-8)6-13)15-4-3-10(16)14-11(15)17/h1-5H,(H,14,16,17). The predicted octanol–water partition coefficient (Wildman–Crippen LogP) is 2.53.